The van der Waals surface area contributed by atoms with Gasteiger partial charge in [-0.25, -0.2) is 5.11 Å². The summed E-state index contributed by atoms with van der Waals surface area (Å²) in [7, 11) is 0. The molecule has 1 unspecified atom stereocenters. The first-order valence-electron chi connectivity index (χ1n) is 8.93. The van der Waals surface area contributed by atoms with E-state index in [4.69, 9.17) is 5.11 Å². The highest BCUT2D eigenvalue weighted by Crippen LogP contribution is 2.18. The highest BCUT2D eigenvalue weighted by Gasteiger charge is 2.07. The highest BCUT2D eigenvalue weighted by atomic mass is 16.5. The molecule has 0 heterocycles. The van der Waals surface area contributed by atoms with Gasteiger partial charge in [-0.1, -0.05) is 67.8 Å². The van der Waals surface area contributed by atoms with Gasteiger partial charge < -0.3 is 10.0 Å². The second kappa shape index (κ2) is 10.8. The number of aliphatic hydroxyl groups is 1. The predicted molar refractivity (Wildman–Crippen MR) is 98.3 cm³/mol. The molecule has 0 saturated carbocycles. The van der Waals surface area contributed by atoms with Gasteiger partial charge in [-0.2, -0.15) is 0 Å². The van der Waals surface area contributed by atoms with Crippen molar-refractivity contribution in [3.05, 3.63) is 66.2 Å². The summed E-state index contributed by atoms with van der Waals surface area (Å²) < 4.78 is 0. The van der Waals surface area contributed by atoms with E-state index >= 15 is 0 Å². The Morgan fingerprint density at radius 3 is 2.04 bits per heavy atom. The zero-order valence-electron chi connectivity index (χ0n) is 14.3. The number of unbranched alkanes of at least 4 members (excludes halogenated alkanes) is 4. The average molecular weight is 326 g/mol. The van der Waals surface area contributed by atoms with Gasteiger partial charge in [0.05, 0.1) is 0 Å². The molecule has 129 valence electrons. The maximum absolute atomic E-state index is 10.6. The van der Waals surface area contributed by atoms with Gasteiger partial charge in [0.2, 0.25) is 0 Å². The van der Waals surface area contributed by atoms with Crippen molar-refractivity contribution in [1.29, 1.82) is 0 Å². The zero-order valence-corrected chi connectivity index (χ0v) is 14.3. The lowest BCUT2D eigenvalue weighted by Crippen LogP contribution is -2.23. The van der Waals surface area contributed by atoms with Crippen LogP contribution in [0.5, 0.6) is 0 Å². The molecule has 2 aromatic carbocycles. The van der Waals surface area contributed by atoms with Crippen molar-refractivity contribution in [2.75, 3.05) is 11.4 Å². The fourth-order valence-electron chi connectivity index (χ4n) is 2.89. The van der Waals surface area contributed by atoms with Crippen LogP contribution in [-0.2, 0) is 11.7 Å². The second-order valence-corrected chi connectivity index (χ2v) is 6.25. The summed E-state index contributed by atoms with van der Waals surface area (Å²) in [5.41, 5.74) is 2.58. The Morgan fingerprint density at radius 2 is 1.38 bits per heavy atom. The van der Waals surface area contributed by atoms with E-state index in [9.17, 15) is 5.11 Å². The third kappa shape index (κ3) is 7.16. The molecule has 0 aliphatic rings. The molecule has 0 amide bonds. The molecule has 3 heteroatoms. The fraction of sp³-hybridized carbons (Fsp3) is 0.429. The highest BCUT2D eigenvalue weighted by molar-refractivity contribution is 5.46. The van der Waals surface area contributed by atoms with Gasteiger partial charge in [0.15, 0.2) is 6.29 Å². The molecule has 0 aliphatic heterocycles. The number of benzene rings is 2. The minimum atomic E-state index is -1.40. The lowest BCUT2D eigenvalue weighted by atomic mass is 10.1. The minimum absolute atomic E-state index is 0.379. The number of anilines is 1. The van der Waals surface area contributed by atoms with Crippen LogP contribution in [0.15, 0.2) is 60.7 Å². The van der Waals surface area contributed by atoms with E-state index < -0.39 is 6.29 Å². The molecule has 0 aromatic heterocycles. The summed E-state index contributed by atoms with van der Waals surface area (Å²) in [6.07, 6.45) is 4.27. The molecule has 0 bridgehead atoms. The quantitative estimate of drug-likeness (QED) is 0.477. The molecule has 2 aromatic rings. The Labute approximate surface area is 145 Å². The first kappa shape index (κ1) is 18.5. The van der Waals surface area contributed by atoms with E-state index in [1.165, 1.54) is 11.3 Å². The zero-order chi connectivity index (χ0) is 17.0. The van der Waals surface area contributed by atoms with E-state index in [0.717, 1.165) is 45.2 Å². The summed E-state index contributed by atoms with van der Waals surface area (Å²) >= 11 is 0. The Hall–Kier alpha value is -1.84. The Kier molecular flexibility index (Phi) is 8.36. The Morgan fingerprint density at radius 1 is 0.792 bits per heavy atom. The van der Waals surface area contributed by atoms with E-state index in [2.05, 4.69) is 65.6 Å². The molecule has 2 rings (SSSR count). The number of aliphatic hydroxyl groups excluding tert-OH is 1. The summed E-state index contributed by atoms with van der Waals surface area (Å²) in [5, 5.41) is 19.3. The van der Waals surface area contributed by atoms with Crippen LogP contribution in [0.3, 0.4) is 0 Å². The molecule has 0 saturated heterocycles. The monoisotopic (exact) mass is 326 g/mol. The standard InChI is InChI=1S/C21H28NO2/c23-21(24)16-10-2-1-3-11-17-22(20-14-8-5-9-15-20)18-19-12-6-4-7-13-19/h4-9,12-15,21,23H,1-3,10-11,16-18H2. The van der Waals surface area contributed by atoms with E-state index in [1.54, 1.807) is 0 Å². The van der Waals surface area contributed by atoms with Gasteiger partial charge in [0.1, 0.15) is 0 Å². The first-order chi connectivity index (χ1) is 11.8. The van der Waals surface area contributed by atoms with E-state index in [0.29, 0.717) is 6.42 Å². The van der Waals surface area contributed by atoms with E-state index in [1.807, 2.05) is 0 Å². The number of nitrogens with zero attached hydrogens (tertiary/aromatic N) is 1. The van der Waals surface area contributed by atoms with Gasteiger partial charge in [0.25, 0.3) is 0 Å². The second-order valence-electron chi connectivity index (χ2n) is 6.25. The van der Waals surface area contributed by atoms with Crippen LogP contribution in [0.25, 0.3) is 0 Å². The number of para-hydroxylation sites is 1. The third-order valence-electron chi connectivity index (χ3n) is 4.22. The van der Waals surface area contributed by atoms with Gasteiger partial charge in [-0.05, 0) is 30.5 Å². The van der Waals surface area contributed by atoms with Gasteiger partial charge in [-0.15, -0.1) is 0 Å². The summed E-state index contributed by atoms with van der Waals surface area (Å²) in [4.78, 5) is 2.43. The van der Waals surface area contributed by atoms with Crippen LogP contribution < -0.4 is 4.90 Å². The molecular weight excluding hydrogens is 298 g/mol. The average Bonchev–Trinajstić information content (AvgIpc) is 2.61. The molecule has 0 fully saturated rings. The van der Waals surface area contributed by atoms with Crippen molar-refractivity contribution in [3.8, 4) is 0 Å². The third-order valence-corrected chi connectivity index (χ3v) is 4.22. The summed E-state index contributed by atoms with van der Waals surface area (Å²) in [6.45, 7) is 1.95. The number of rotatable bonds is 11. The normalized spacial score (nSPS) is 11.0. The first-order valence-corrected chi connectivity index (χ1v) is 8.93. The van der Waals surface area contributed by atoms with Gasteiger partial charge >= 0.3 is 0 Å². The summed E-state index contributed by atoms with van der Waals surface area (Å²) in [5.74, 6) is 0. The lowest BCUT2D eigenvalue weighted by molar-refractivity contribution is -0.0968. The molecular formula is C21H28NO2. The molecule has 1 atom stereocenters. The molecule has 24 heavy (non-hydrogen) atoms. The largest absolute Gasteiger partial charge is 0.367 e. The van der Waals surface area contributed by atoms with Crippen LogP contribution in [0.2, 0.25) is 0 Å². The SMILES string of the molecule is [O]C(O)CCCCCCCN(Cc1ccccc1)c1ccccc1. The number of hydrogen-bond donors (Lipinski definition) is 1. The van der Waals surface area contributed by atoms with Gasteiger partial charge in [0, 0.05) is 25.2 Å². The van der Waals surface area contributed by atoms with Crippen LogP contribution in [0.1, 0.15) is 44.1 Å². The van der Waals surface area contributed by atoms with Crippen molar-refractivity contribution in [3.63, 3.8) is 0 Å². The molecule has 0 spiro atoms. The summed E-state index contributed by atoms with van der Waals surface area (Å²) in [6, 6.07) is 21.1. The van der Waals surface area contributed by atoms with Crippen LogP contribution in [0, 0.1) is 0 Å². The molecule has 1 radical (unpaired) electrons. The number of hydrogen-bond acceptors (Lipinski definition) is 2. The topological polar surface area (TPSA) is 43.4 Å². The Bertz CT molecular complexity index is 542. The predicted octanol–water partition coefficient (Wildman–Crippen LogP) is 4.78. The van der Waals surface area contributed by atoms with Crippen molar-refractivity contribution >= 4 is 5.69 Å². The maximum atomic E-state index is 10.6. The van der Waals surface area contributed by atoms with Crippen molar-refractivity contribution in [1.82, 2.24) is 0 Å². The van der Waals surface area contributed by atoms with E-state index in [-0.39, 0.29) is 0 Å². The maximum Gasteiger partial charge on any atom is 0.188 e. The fourth-order valence-corrected chi connectivity index (χ4v) is 2.89. The minimum Gasteiger partial charge on any atom is -0.367 e. The Balaban J connectivity index is 1.79. The van der Waals surface area contributed by atoms with Crippen LogP contribution >= 0.6 is 0 Å². The van der Waals surface area contributed by atoms with Crippen LogP contribution in [-0.4, -0.2) is 17.9 Å². The molecule has 3 nitrogen and oxygen atoms in total. The molecule has 1 N–H and O–H groups in total. The van der Waals surface area contributed by atoms with Crippen molar-refractivity contribution < 1.29 is 10.2 Å². The smallest absolute Gasteiger partial charge is 0.188 e. The lowest BCUT2D eigenvalue weighted by Gasteiger charge is -2.25. The molecule has 0 aliphatic carbocycles. The van der Waals surface area contributed by atoms with Gasteiger partial charge in [-0.3, -0.25) is 0 Å². The van der Waals surface area contributed by atoms with Crippen LogP contribution in [0.4, 0.5) is 5.69 Å². The van der Waals surface area contributed by atoms with Crippen molar-refractivity contribution in [2.24, 2.45) is 0 Å². The van der Waals surface area contributed by atoms with Crippen molar-refractivity contribution in [2.45, 2.75) is 51.4 Å².